The molecule has 9 nitrogen and oxygen atoms in total. The molecule has 2 aliphatic rings. The molecule has 0 radical (unpaired) electrons. The van der Waals surface area contributed by atoms with Crippen molar-refractivity contribution in [2.75, 3.05) is 39.9 Å². The molecule has 0 unspecified atom stereocenters. The van der Waals surface area contributed by atoms with Gasteiger partial charge in [0.05, 0.1) is 19.4 Å². The van der Waals surface area contributed by atoms with E-state index in [1.54, 1.807) is 18.5 Å². The van der Waals surface area contributed by atoms with Crippen LogP contribution in [-0.2, 0) is 9.53 Å². The molecule has 2 aromatic rings. The normalized spacial score (nSPS) is 23.2. The maximum atomic E-state index is 12.5. The molecular formula is C19H26N6O3. The Bertz CT molecular complexity index is 847. The largest absolute Gasteiger partial charge is 0.378 e. The van der Waals surface area contributed by atoms with Gasteiger partial charge in [0.15, 0.2) is 5.65 Å². The molecule has 1 N–H and O–H groups in total. The summed E-state index contributed by atoms with van der Waals surface area (Å²) in [6, 6.07) is 4.04. The lowest BCUT2D eigenvalue weighted by Crippen LogP contribution is -2.45. The van der Waals surface area contributed by atoms with E-state index in [0.29, 0.717) is 50.6 Å². The number of imidazole rings is 1. The molecule has 0 aromatic carbocycles. The highest BCUT2D eigenvalue weighted by atomic mass is 16.5. The molecule has 2 amide bonds. The second kappa shape index (κ2) is 8.24. The van der Waals surface area contributed by atoms with Crippen LogP contribution in [0.15, 0.2) is 24.5 Å². The van der Waals surface area contributed by atoms with Crippen molar-refractivity contribution in [3.63, 3.8) is 0 Å². The molecule has 0 saturated carbocycles. The first kappa shape index (κ1) is 18.8. The number of aromatic nitrogens is 3. The number of morpholine rings is 1. The van der Waals surface area contributed by atoms with E-state index in [1.165, 1.54) is 4.52 Å². The number of amides is 2. The van der Waals surface area contributed by atoms with Crippen LogP contribution in [0.5, 0.6) is 0 Å². The average Bonchev–Trinajstić information content (AvgIpc) is 3.31. The second-order valence-electron chi connectivity index (χ2n) is 7.39. The van der Waals surface area contributed by atoms with Gasteiger partial charge in [-0.1, -0.05) is 0 Å². The summed E-state index contributed by atoms with van der Waals surface area (Å²) < 4.78 is 6.85. The lowest BCUT2D eigenvalue weighted by molar-refractivity contribution is -0.136. The minimum atomic E-state index is -0.188. The van der Waals surface area contributed by atoms with Gasteiger partial charge in [-0.05, 0) is 32.0 Å². The minimum Gasteiger partial charge on any atom is -0.378 e. The molecule has 9 heteroatoms. The van der Waals surface area contributed by atoms with Crippen molar-refractivity contribution in [2.45, 2.75) is 31.3 Å². The Morgan fingerprint density at radius 1 is 1.25 bits per heavy atom. The van der Waals surface area contributed by atoms with Crippen LogP contribution in [0.3, 0.4) is 0 Å². The van der Waals surface area contributed by atoms with Crippen molar-refractivity contribution in [2.24, 2.45) is 0 Å². The predicted molar refractivity (Wildman–Crippen MR) is 102 cm³/mol. The third kappa shape index (κ3) is 3.85. The van der Waals surface area contributed by atoms with Crippen molar-refractivity contribution in [1.29, 1.82) is 0 Å². The summed E-state index contributed by atoms with van der Waals surface area (Å²) in [5, 5.41) is 7.17. The van der Waals surface area contributed by atoms with Gasteiger partial charge in [0.2, 0.25) is 5.91 Å². The van der Waals surface area contributed by atoms with Gasteiger partial charge < -0.3 is 15.0 Å². The predicted octanol–water partition coefficient (Wildman–Crippen LogP) is 0.171. The fourth-order valence-corrected chi connectivity index (χ4v) is 4.01. The van der Waals surface area contributed by atoms with E-state index in [9.17, 15) is 9.59 Å². The van der Waals surface area contributed by atoms with Gasteiger partial charge in [-0.3, -0.25) is 14.5 Å². The van der Waals surface area contributed by atoms with Gasteiger partial charge in [0, 0.05) is 44.3 Å². The number of likely N-dealkylation sites (N-methyl/N-ethyl adjacent to an activating group) is 1. The summed E-state index contributed by atoms with van der Waals surface area (Å²) in [6.07, 6.45) is 5.62. The highest BCUT2D eigenvalue weighted by Crippen LogP contribution is 2.25. The first-order valence-corrected chi connectivity index (χ1v) is 9.78. The van der Waals surface area contributed by atoms with Crippen molar-refractivity contribution >= 4 is 17.5 Å². The number of hydrogen-bond acceptors (Lipinski definition) is 6. The van der Waals surface area contributed by atoms with Crippen LogP contribution < -0.4 is 5.32 Å². The van der Waals surface area contributed by atoms with Gasteiger partial charge in [0.1, 0.15) is 5.69 Å². The van der Waals surface area contributed by atoms with Crippen molar-refractivity contribution in [3.8, 4) is 0 Å². The molecule has 150 valence electrons. The Morgan fingerprint density at radius 3 is 2.86 bits per heavy atom. The summed E-state index contributed by atoms with van der Waals surface area (Å²) in [7, 11) is 2.04. The Hall–Kier alpha value is -2.52. The molecule has 0 aliphatic carbocycles. The third-order valence-corrected chi connectivity index (χ3v) is 5.77. The van der Waals surface area contributed by atoms with E-state index >= 15 is 0 Å². The molecule has 0 bridgehead atoms. The lowest BCUT2D eigenvalue weighted by atomic mass is 10.1. The van der Waals surface area contributed by atoms with Gasteiger partial charge in [-0.25, -0.2) is 9.50 Å². The van der Waals surface area contributed by atoms with Crippen LogP contribution >= 0.6 is 0 Å². The Morgan fingerprint density at radius 2 is 2.04 bits per heavy atom. The zero-order valence-corrected chi connectivity index (χ0v) is 16.1. The number of carbonyl (C=O) groups excluding carboxylic acids is 2. The maximum absolute atomic E-state index is 12.5. The Labute approximate surface area is 163 Å². The van der Waals surface area contributed by atoms with Crippen molar-refractivity contribution in [1.82, 2.24) is 29.7 Å². The molecule has 2 aromatic heterocycles. The Kier molecular flexibility index (Phi) is 5.54. The van der Waals surface area contributed by atoms with Gasteiger partial charge in [-0.15, -0.1) is 0 Å². The quantitative estimate of drug-likeness (QED) is 0.788. The van der Waals surface area contributed by atoms with E-state index < -0.39 is 0 Å². The molecule has 2 saturated heterocycles. The van der Waals surface area contributed by atoms with Crippen molar-refractivity contribution in [3.05, 3.63) is 30.2 Å². The Balaban J connectivity index is 1.29. The fraction of sp³-hybridized carbons (Fsp3) is 0.579. The zero-order chi connectivity index (χ0) is 19.5. The summed E-state index contributed by atoms with van der Waals surface area (Å²) >= 11 is 0. The van der Waals surface area contributed by atoms with Crippen LogP contribution in [0.2, 0.25) is 0 Å². The number of fused-ring (bicyclic) bond motifs is 1. The SMILES string of the molecule is CN1[C@@H](CC(=O)N2CCOCC2)CC[C@H]1CNC(=O)c1cnc2cccnn12. The number of ether oxygens (including phenoxy) is 1. The summed E-state index contributed by atoms with van der Waals surface area (Å²) in [5.41, 5.74) is 1.07. The van der Waals surface area contributed by atoms with Crippen molar-refractivity contribution < 1.29 is 14.3 Å². The van der Waals surface area contributed by atoms with Gasteiger partial charge in [-0.2, -0.15) is 5.10 Å². The summed E-state index contributed by atoms with van der Waals surface area (Å²) in [5.74, 6) is 0.00841. The maximum Gasteiger partial charge on any atom is 0.271 e. The molecule has 2 fully saturated rings. The van der Waals surface area contributed by atoms with E-state index in [4.69, 9.17) is 4.74 Å². The first-order valence-electron chi connectivity index (χ1n) is 9.78. The van der Waals surface area contributed by atoms with E-state index in [1.807, 2.05) is 18.0 Å². The highest BCUT2D eigenvalue weighted by molar-refractivity contribution is 5.93. The summed E-state index contributed by atoms with van der Waals surface area (Å²) in [6.45, 7) is 3.15. The van der Waals surface area contributed by atoms with Gasteiger partial charge in [0.25, 0.3) is 5.91 Å². The monoisotopic (exact) mass is 386 g/mol. The number of carbonyl (C=O) groups is 2. The van der Waals surface area contributed by atoms with Crippen LogP contribution in [0.4, 0.5) is 0 Å². The number of hydrogen-bond donors (Lipinski definition) is 1. The van der Waals surface area contributed by atoms with Crippen LogP contribution in [0.25, 0.3) is 5.65 Å². The number of nitrogens with one attached hydrogen (secondary N) is 1. The van der Waals surface area contributed by atoms with Gasteiger partial charge >= 0.3 is 0 Å². The molecule has 4 rings (SSSR count). The molecule has 4 heterocycles. The summed E-state index contributed by atoms with van der Waals surface area (Å²) in [4.78, 5) is 33.4. The first-order chi connectivity index (χ1) is 13.6. The van der Waals surface area contributed by atoms with E-state index in [-0.39, 0.29) is 23.9 Å². The minimum absolute atomic E-state index is 0.188. The number of nitrogens with zero attached hydrogens (tertiary/aromatic N) is 5. The number of likely N-dealkylation sites (tertiary alicyclic amines) is 1. The highest BCUT2D eigenvalue weighted by Gasteiger charge is 2.33. The lowest BCUT2D eigenvalue weighted by Gasteiger charge is -2.30. The standard InChI is InChI=1S/C19H26N6O3/c1-23-14(11-18(26)24-7-9-28-10-8-24)4-5-15(23)12-21-19(27)16-13-20-17-3-2-6-22-25(16)17/h2-3,6,13-15H,4-5,7-12H2,1H3,(H,21,27)/t14-,15+/m1/s1. The van der Waals surface area contributed by atoms with E-state index in [0.717, 1.165) is 12.8 Å². The molecular weight excluding hydrogens is 360 g/mol. The molecule has 0 spiro atoms. The van der Waals surface area contributed by atoms with E-state index in [2.05, 4.69) is 20.3 Å². The van der Waals surface area contributed by atoms with Crippen LogP contribution in [-0.4, -0.2) is 88.2 Å². The van der Waals surface area contributed by atoms with Crippen LogP contribution in [0, 0.1) is 0 Å². The molecule has 2 aliphatic heterocycles. The number of rotatable bonds is 5. The second-order valence-corrected chi connectivity index (χ2v) is 7.39. The average molecular weight is 386 g/mol. The molecule has 28 heavy (non-hydrogen) atoms. The molecule has 2 atom stereocenters. The topological polar surface area (TPSA) is 92.1 Å². The zero-order valence-electron chi connectivity index (χ0n) is 16.1. The smallest absolute Gasteiger partial charge is 0.271 e. The third-order valence-electron chi connectivity index (χ3n) is 5.77. The fourth-order valence-electron chi connectivity index (χ4n) is 4.01. The van der Waals surface area contributed by atoms with Crippen LogP contribution in [0.1, 0.15) is 29.8 Å².